The number of benzene rings is 1. The molecule has 0 aliphatic rings. The molecule has 1 aromatic carbocycles. The molecule has 17 heavy (non-hydrogen) atoms. The third-order valence-corrected chi connectivity index (χ3v) is 2.65. The molecule has 1 unspecified atom stereocenters. The average molecular weight is 233 g/mol. The Kier molecular flexibility index (Phi) is 3.39. The Morgan fingerprint density at radius 1 is 1.53 bits per heavy atom. The monoisotopic (exact) mass is 233 g/mol. The molecule has 0 saturated carbocycles. The maximum atomic E-state index is 11.8. The van der Waals surface area contributed by atoms with Crippen LogP contribution in [0, 0.1) is 0 Å². The standard InChI is InChI=1S/C12H15N3O2/c1-2-8(16)7-13-12(17)11-9-5-3-4-6-10(9)14-15-11/h3-6,8,16H,2,7H2,1H3,(H,13,17)(H,14,15). The summed E-state index contributed by atoms with van der Waals surface area (Å²) >= 11 is 0. The fourth-order valence-electron chi connectivity index (χ4n) is 1.58. The Labute approximate surface area is 98.8 Å². The van der Waals surface area contributed by atoms with Gasteiger partial charge in [0.2, 0.25) is 0 Å². The lowest BCUT2D eigenvalue weighted by atomic mass is 10.2. The van der Waals surface area contributed by atoms with Crippen LogP contribution < -0.4 is 5.32 Å². The van der Waals surface area contributed by atoms with Crippen molar-refractivity contribution >= 4 is 16.8 Å². The van der Waals surface area contributed by atoms with Crippen LogP contribution in [-0.2, 0) is 0 Å². The minimum atomic E-state index is -0.510. The zero-order chi connectivity index (χ0) is 12.3. The molecule has 90 valence electrons. The van der Waals surface area contributed by atoms with Gasteiger partial charge < -0.3 is 10.4 Å². The molecule has 0 bridgehead atoms. The maximum absolute atomic E-state index is 11.8. The van der Waals surface area contributed by atoms with Gasteiger partial charge >= 0.3 is 0 Å². The third-order valence-electron chi connectivity index (χ3n) is 2.65. The second kappa shape index (κ2) is 4.97. The molecule has 0 aliphatic heterocycles. The van der Waals surface area contributed by atoms with Crippen molar-refractivity contribution in [2.45, 2.75) is 19.4 Å². The number of aliphatic hydroxyl groups excluding tert-OH is 1. The molecule has 0 saturated heterocycles. The number of para-hydroxylation sites is 1. The average Bonchev–Trinajstić information content (AvgIpc) is 2.79. The van der Waals surface area contributed by atoms with E-state index in [-0.39, 0.29) is 12.5 Å². The van der Waals surface area contributed by atoms with Crippen LogP contribution in [0.1, 0.15) is 23.8 Å². The van der Waals surface area contributed by atoms with Gasteiger partial charge in [-0.2, -0.15) is 5.10 Å². The van der Waals surface area contributed by atoms with Gasteiger partial charge in [0.1, 0.15) is 0 Å². The molecule has 5 nitrogen and oxygen atoms in total. The zero-order valence-corrected chi connectivity index (χ0v) is 9.60. The summed E-state index contributed by atoms with van der Waals surface area (Å²) in [6.07, 6.45) is 0.103. The number of amides is 1. The highest BCUT2D eigenvalue weighted by atomic mass is 16.3. The summed E-state index contributed by atoms with van der Waals surface area (Å²) in [6.45, 7) is 2.11. The van der Waals surface area contributed by atoms with E-state index in [4.69, 9.17) is 0 Å². The summed E-state index contributed by atoms with van der Waals surface area (Å²) in [5.41, 5.74) is 1.19. The summed E-state index contributed by atoms with van der Waals surface area (Å²) in [5.74, 6) is -0.269. The number of aliphatic hydroxyl groups is 1. The summed E-state index contributed by atoms with van der Waals surface area (Å²) in [4.78, 5) is 11.8. The van der Waals surface area contributed by atoms with Crippen LogP contribution in [0.3, 0.4) is 0 Å². The minimum absolute atomic E-state index is 0.247. The molecule has 5 heteroatoms. The number of hydrogen-bond acceptors (Lipinski definition) is 3. The largest absolute Gasteiger partial charge is 0.391 e. The lowest BCUT2D eigenvalue weighted by Gasteiger charge is -2.08. The van der Waals surface area contributed by atoms with Gasteiger partial charge in [0.15, 0.2) is 5.69 Å². The predicted octanol–water partition coefficient (Wildman–Crippen LogP) is 1.06. The summed E-state index contributed by atoms with van der Waals surface area (Å²) in [7, 11) is 0. The van der Waals surface area contributed by atoms with Crippen LogP contribution in [0.25, 0.3) is 10.9 Å². The van der Waals surface area contributed by atoms with E-state index in [9.17, 15) is 9.90 Å². The van der Waals surface area contributed by atoms with Gasteiger partial charge in [-0.1, -0.05) is 25.1 Å². The normalized spacial score (nSPS) is 12.6. The van der Waals surface area contributed by atoms with Crippen LogP contribution in [0.15, 0.2) is 24.3 Å². The van der Waals surface area contributed by atoms with Crippen LogP contribution in [0.5, 0.6) is 0 Å². The van der Waals surface area contributed by atoms with Gasteiger partial charge in [0.05, 0.1) is 11.6 Å². The van der Waals surface area contributed by atoms with Crippen molar-refractivity contribution in [1.29, 1.82) is 0 Å². The second-order valence-electron chi connectivity index (χ2n) is 3.89. The van der Waals surface area contributed by atoms with E-state index in [1.165, 1.54) is 0 Å². The highest BCUT2D eigenvalue weighted by molar-refractivity contribution is 6.04. The molecule has 1 amide bonds. The summed E-state index contributed by atoms with van der Waals surface area (Å²) < 4.78 is 0. The highest BCUT2D eigenvalue weighted by Gasteiger charge is 2.14. The SMILES string of the molecule is CCC(O)CNC(=O)c1n[nH]c2ccccc12. The van der Waals surface area contributed by atoms with E-state index in [2.05, 4.69) is 15.5 Å². The van der Waals surface area contributed by atoms with E-state index in [1.54, 1.807) is 0 Å². The molecule has 2 aromatic rings. The number of rotatable bonds is 4. The van der Waals surface area contributed by atoms with E-state index in [0.29, 0.717) is 12.1 Å². The van der Waals surface area contributed by atoms with Crippen molar-refractivity contribution in [2.24, 2.45) is 0 Å². The Balaban J connectivity index is 2.14. The first-order valence-corrected chi connectivity index (χ1v) is 5.61. The van der Waals surface area contributed by atoms with Crippen LogP contribution >= 0.6 is 0 Å². The maximum Gasteiger partial charge on any atom is 0.272 e. The predicted molar refractivity (Wildman–Crippen MR) is 64.7 cm³/mol. The fraction of sp³-hybridized carbons (Fsp3) is 0.333. The molecular formula is C12H15N3O2. The van der Waals surface area contributed by atoms with E-state index < -0.39 is 6.10 Å². The first kappa shape index (κ1) is 11.6. The lowest BCUT2D eigenvalue weighted by molar-refractivity contribution is 0.0910. The van der Waals surface area contributed by atoms with E-state index in [1.807, 2.05) is 31.2 Å². The molecule has 0 spiro atoms. The Hall–Kier alpha value is -1.88. The van der Waals surface area contributed by atoms with E-state index >= 15 is 0 Å². The summed E-state index contributed by atoms with van der Waals surface area (Å²) in [5, 5.41) is 19.6. The second-order valence-corrected chi connectivity index (χ2v) is 3.89. The number of aromatic nitrogens is 2. The molecule has 0 aliphatic carbocycles. The third kappa shape index (κ3) is 2.45. The van der Waals surface area contributed by atoms with Gasteiger partial charge in [-0.05, 0) is 12.5 Å². The van der Waals surface area contributed by atoms with Crippen molar-refractivity contribution in [3.05, 3.63) is 30.0 Å². The molecule has 0 radical (unpaired) electrons. The molecule has 1 atom stereocenters. The number of nitrogens with zero attached hydrogens (tertiary/aromatic N) is 1. The molecular weight excluding hydrogens is 218 g/mol. The van der Waals surface area contributed by atoms with Crippen LogP contribution in [0.2, 0.25) is 0 Å². The van der Waals surface area contributed by atoms with Crippen molar-refractivity contribution in [3.8, 4) is 0 Å². The van der Waals surface area contributed by atoms with E-state index in [0.717, 1.165) is 10.9 Å². The number of carbonyl (C=O) groups is 1. The molecule has 3 N–H and O–H groups in total. The van der Waals surface area contributed by atoms with Crippen LogP contribution in [-0.4, -0.2) is 33.9 Å². The Morgan fingerprint density at radius 2 is 2.29 bits per heavy atom. The topological polar surface area (TPSA) is 78.0 Å². The van der Waals surface area contributed by atoms with Crippen molar-refractivity contribution in [2.75, 3.05) is 6.54 Å². The van der Waals surface area contributed by atoms with Gasteiger partial charge in [0.25, 0.3) is 5.91 Å². The fourth-order valence-corrected chi connectivity index (χ4v) is 1.58. The molecule has 2 rings (SSSR count). The minimum Gasteiger partial charge on any atom is -0.391 e. The lowest BCUT2D eigenvalue weighted by Crippen LogP contribution is -2.32. The van der Waals surface area contributed by atoms with Gasteiger partial charge in [-0.25, -0.2) is 0 Å². The number of carbonyl (C=O) groups excluding carboxylic acids is 1. The quantitative estimate of drug-likeness (QED) is 0.739. The number of fused-ring (bicyclic) bond motifs is 1. The first-order valence-electron chi connectivity index (χ1n) is 5.61. The first-order chi connectivity index (χ1) is 8.22. The van der Waals surface area contributed by atoms with Crippen LogP contribution in [0.4, 0.5) is 0 Å². The van der Waals surface area contributed by atoms with Crippen molar-refractivity contribution in [1.82, 2.24) is 15.5 Å². The van der Waals surface area contributed by atoms with Gasteiger partial charge in [-0.15, -0.1) is 0 Å². The highest BCUT2D eigenvalue weighted by Crippen LogP contribution is 2.14. The molecule has 0 fully saturated rings. The Bertz CT molecular complexity index is 521. The number of H-pyrrole nitrogens is 1. The zero-order valence-electron chi connectivity index (χ0n) is 9.60. The molecule has 1 heterocycles. The number of aromatic amines is 1. The van der Waals surface area contributed by atoms with Gasteiger partial charge in [-0.3, -0.25) is 9.89 Å². The Morgan fingerprint density at radius 3 is 3.06 bits per heavy atom. The molecule has 1 aromatic heterocycles. The number of nitrogens with one attached hydrogen (secondary N) is 2. The number of hydrogen-bond donors (Lipinski definition) is 3. The summed E-state index contributed by atoms with van der Waals surface area (Å²) in [6, 6.07) is 7.43. The van der Waals surface area contributed by atoms with Gasteiger partial charge in [0, 0.05) is 11.9 Å². The van der Waals surface area contributed by atoms with Crippen molar-refractivity contribution in [3.63, 3.8) is 0 Å². The van der Waals surface area contributed by atoms with Crippen molar-refractivity contribution < 1.29 is 9.90 Å². The smallest absolute Gasteiger partial charge is 0.272 e.